The van der Waals surface area contributed by atoms with E-state index in [0.29, 0.717) is 17.9 Å². The summed E-state index contributed by atoms with van der Waals surface area (Å²) in [5.41, 5.74) is 7.82. The van der Waals surface area contributed by atoms with Crippen LogP contribution < -0.4 is 5.73 Å². The SMILES string of the molecule is CCC(C)(C)N(C)C1CC(c2ccccc2)CCC1CN. The van der Waals surface area contributed by atoms with E-state index in [9.17, 15) is 0 Å². The molecule has 21 heavy (non-hydrogen) atoms. The van der Waals surface area contributed by atoms with Gasteiger partial charge in [-0.25, -0.2) is 0 Å². The number of hydrogen-bond acceptors (Lipinski definition) is 2. The molecular weight excluding hydrogens is 256 g/mol. The molecule has 2 N–H and O–H groups in total. The van der Waals surface area contributed by atoms with Crippen molar-refractivity contribution in [2.45, 2.75) is 64.0 Å². The lowest BCUT2D eigenvalue weighted by Gasteiger charge is -2.47. The van der Waals surface area contributed by atoms with E-state index < -0.39 is 0 Å². The summed E-state index contributed by atoms with van der Waals surface area (Å²) in [6.07, 6.45) is 4.95. The fraction of sp³-hybridized carbons (Fsp3) is 0.684. The molecule has 1 fully saturated rings. The molecule has 1 aliphatic rings. The smallest absolute Gasteiger partial charge is 0.0150 e. The number of nitrogens with two attached hydrogens (primary N) is 1. The van der Waals surface area contributed by atoms with Crippen molar-refractivity contribution in [2.75, 3.05) is 13.6 Å². The Bertz CT molecular complexity index is 426. The van der Waals surface area contributed by atoms with Crippen LogP contribution in [0.25, 0.3) is 0 Å². The molecule has 3 atom stereocenters. The Hall–Kier alpha value is -0.860. The van der Waals surface area contributed by atoms with Gasteiger partial charge in [-0.3, -0.25) is 4.90 Å². The Labute approximate surface area is 130 Å². The van der Waals surface area contributed by atoms with E-state index >= 15 is 0 Å². The Kier molecular flexibility index (Phi) is 5.45. The van der Waals surface area contributed by atoms with Crippen LogP contribution in [-0.4, -0.2) is 30.1 Å². The second-order valence-corrected chi connectivity index (χ2v) is 7.26. The minimum absolute atomic E-state index is 0.247. The van der Waals surface area contributed by atoms with E-state index in [0.717, 1.165) is 6.54 Å². The predicted octanol–water partition coefficient (Wildman–Crippen LogP) is 4.02. The van der Waals surface area contributed by atoms with Gasteiger partial charge in [-0.05, 0) is 70.5 Å². The maximum Gasteiger partial charge on any atom is 0.0150 e. The fourth-order valence-corrected chi connectivity index (χ4v) is 3.68. The van der Waals surface area contributed by atoms with Crippen molar-refractivity contribution in [3.05, 3.63) is 35.9 Å². The minimum atomic E-state index is 0.247. The first kappa shape index (κ1) is 16.5. The van der Waals surface area contributed by atoms with Crippen molar-refractivity contribution in [3.8, 4) is 0 Å². The van der Waals surface area contributed by atoms with Crippen LogP contribution in [0.4, 0.5) is 0 Å². The van der Waals surface area contributed by atoms with Crippen LogP contribution in [0.1, 0.15) is 57.9 Å². The first-order valence-corrected chi connectivity index (χ1v) is 8.47. The third-order valence-corrected chi connectivity index (χ3v) is 5.85. The van der Waals surface area contributed by atoms with E-state index in [4.69, 9.17) is 5.73 Å². The molecule has 0 aliphatic heterocycles. The van der Waals surface area contributed by atoms with Crippen LogP contribution in [0, 0.1) is 5.92 Å². The lowest BCUT2D eigenvalue weighted by atomic mass is 9.74. The number of nitrogens with zero attached hydrogens (tertiary/aromatic N) is 1. The van der Waals surface area contributed by atoms with Crippen LogP contribution in [0.2, 0.25) is 0 Å². The van der Waals surface area contributed by atoms with Crippen molar-refractivity contribution in [3.63, 3.8) is 0 Å². The zero-order valence-electron chi connectivity index (χ0n) is 14.2. The minimum Gasteiger partial charge on any atom is -0.330 e. The van der Waals surface area contributed by atoms with Crippen molar-refractivity contribution in [1.29, 1.82) is 0 Å². The van der Waals surface area contributed by atoms with E-state index in [2.05, 4.69) is 63.1 Å². The molecule has 1 aliphatic carbocycles. The van der Waals surface area contributed by atoms with Crippen LogP contribution in [0.15, 0.2) is 30.3 Å². The highest BCUT2D eigenvalue weighted by atomic mass is 15.2. The van der Waals surface area contributed by atoms with Gasteiger partial charge in [0.2, 0.25) is 0 Å². The van der Waals surface area contributed by atoms with Gasteiger partial charge in [-0.2, -0.15) is 0 Å². The number of hydrogen-bond donors (Lipinski definition) is 1. The fourth-order valence-electron chi connectivity index (χ4n) is 3.68. The number of benzene rings is 1. The monoisotopic (exact) mass is 288 g/mol. The van der Waals surface area contributed by atoms with Gasteiger partial charge < -0.3 is 5.73 Å². The summed E-state index contributed by atoms with van der Waals surface area (Å²) in [4.78, 5) is 2.60. The molecule has 1 saturated carbocycles. The predicted molar refractivity (Wildman–Crippen MR) is 91.5 cm³/mol. The molecule has 2 nitrogen and oxygen atoms in total. The molecule has 1 aromatic rings. The molecule has 0 radical (unpaired) electrons. The van der Waals surface area contributed by atoms with Gasteiger partial charge in [0.15, 0.2) is 0 Å². The standard InChI is InChI=1S/C19H32N2/c1-5-19(2,3)21(4)18-13-16(11-12-17(18)14-20)15-9-7-6-8-10-15/h6-10,16-18H,5,11-14,20H2,1-4H3. The lowest BCUT2D eigenvalue weighted by molar-refractivity contribution is 0.0371. The maximum absolute atomic E-state index is 6.07. The molecule has 0 saturated heterocycles. The summed E-state index contributed by atoms with van der Waals surface area (Å²) >= 11 is 0. The van der Waals surface area contributed by atoms with E-state index in [1.54, 1.807) is 0 Å². The molecule has 0 aromatic heterocycles. The molecular formula is C19H32N2. The van der Waals surface area contributed by atoms with Crippen LogP contribution in [-0.2, 0) is 0 Å². The van der Waals surface area contributed by atoms with Crippen molar-refractivity contribution in [1.82, 2.24) is 4.90 Å². The Morgan fingerprint density at radius 1 is 1.19 bits per heavy atom. The largest absolute Gasteiger partial charge is 0.330 e. The third kappa shape index (κ3) is 3.67. The highest BCUT2D eigenvalue weighted by molar-refractivity contribution is 5.20. The topological polar surface area (TPSA) is 29.3 Å². The summed E-state index contributed by atoms with van der Waals surface area (Å²) in [7, 11) is 2.30. The zero-order valence-corrected chi connectivity index (χ0v) is 14.2. The molecule has 0 spiro atoms. The highest BCUT2D eigenvalue weighted by Crippen LogP contribution is 2.39. The molecule has 118 valence electrons. The van der Waals surface area contributed by atoms with Gasteiger partial charge in [0, 0.05) is 11.6 Å². The first-order valence-electron chi connectivity index (χ1n) is 8.47. The summed E-state index contributed by atoms with van der Waals surface area (Å²) in [5.74, 6) is 1.33. The van der Waals surface area contributed by atoms with Gasteiger partial charge in [0.25, 0.3) is 0 Å². The molecule has 2 heteroatoms. The normalized spacial score (nSPS) is 27.0. The average molecular weight is 288 g/mol. The second kappa shape index (κ2) is 6.93. The molecule has 0 bridgehead atoms. The molecule has 0 amide bonds. The molecule has 0 heterocycles. The molecule has 2 rings (SSSR count). The van der Waals surface area contributed by atoms with Crippen molar-refractivity contribution >= 4 is 0 Å². The quantitative estimate of drug-likeness (QED) is 0.886. The van der Waals surface area contributed by atoms with Crippen LogP contribution in [0.5, 0.6) is 0 Å². The Morgan fingerprint density at radius 3 is 2.43 bits per heavy atom. The first-order chi connectivity index (χ1) is 9.99. The van der Waals surface area contributed by atoms with Crippen molar-refractivity contribution < 1.29 is 0 Å². The molecule has 1 aromatic carbocycles. The van der Waals surface area contributed by atoms with Crippen LogP contribution >= 0.6 is 0 Å². The molecule has 3 unspecified atom stereocenters. The maximum atomic E-state index is 6.07. The van der Waals surface area contributed by atoms with Gasteiger partial charge >= 0.3 is 0 Å². The van der Waals surface area contributed by atoms with Gasteiger partial charge in [0.1, 0.15) is 0 Å². The summed E-state index contributed by atoms with van der Waals surface area (Å²) in [6, 6.07) is 11.6. The summed E-state index contributed by atoms with van der Waals surface area (Å²) in [6.45, 7) is 7.81. The Balaban J connectivity index is 2.16. The van der Waals surface area contributed by atoms with Crippen LogP contribution in [0.3, 0.4) is 0 Å². The number of rotatable bonds is 5. The Morgan fingerprint density at radius 2 is 1.86 bits per heavy atom. The van der Waals surface area contributed by atoms with Gasteiger partial charge in [0.05, 0.1) is 0 Å². The third-order valence-electron chi connectivity index (χ3n) is 5.85. The van der Waals surface area contributed by atoms with E-state index in [1.165, 1.54) is 31.2 Å². The highest BCUT2D eigenvalue weighted by Gasteiger charge is 2.37. The summed E-state index contributed by atoms with van der Waals surface area (Å²) in [5, 5.41) is 0. The zero-order chi connectivity index (χ0) is 15.5. The average Bonchev–Trinajstić information content (AvgIpc) is 2.54. The van der Waals surface area contributed by atoms with E-state index in [1.807, 2.05) is 0 Å². The van der Waals surface area contributed by atoms with Gasteiger partial charge in [-0.1, -0.05) is 37.3 Å². The summed E-state index contributed by atoms with van der Waals surface area (Å²) < 4.78 is 0. The van der Waals surface area contributed by atoms with Crippen molar-refractivity contribution in [2.24, 2.45) is 11.7 Å². The van der Waals surface area contributed by atoms with Gasteiger partial charge in [-0.15, -0.1) is 0 Å². The van der Waals surface area contributed by atoms with E-state index in [-0.39, 0.29) is 5.54 Å². The second-order valence-electron chi connectivity index (χ2n) is 7.26. The lowest BCUT2D eigenvalue weighted by Crippen LogP contribution is -2.53.